The maximum Gasteiger partial charge on any atom is 0.266 e. The van der Waals surface area contributed by atoms with Crippen molar-refractivity contribution >= 4 is 46.4 Å². The lowest BCUT2D eigenvalue weighted by molar-refractivity contribution is -0.118. The zero-order valence-electron chi connectivity index (χ0n) is 18.7. The number of amides is 1. The fourth-order valence-electron chi connectivity index (χ4n) is 3.34. The molecule has 1 amide bonds. The van der Waals surface area contributed by atoms with Gasteiger partial charge in [-0.15, -0.1) is 0 Å². The SMILES string of the molecule is CC(C)c1ccc(/C=N/NC(=O)CSc2nc3ccccc3c(=O)n2-c2ccc(Cl)cc2)cc1. The highest BCUT2D eigenvalue weighted by molar-refractivity contribution is 7.99. The van der Waals surface area contributed by atoms with Crippen molar-refractivity contribution in [1.82, 2.24) is 15.0 Å². The molecule has 1 N–H and O–H groups in total. The average Bonchev–Trinajstić information content (AvgIpc) is 2.84. The van der Waals surface area contributed by atoms with Crippen molar-refractivity contribution in [3.63, 3.8) is 0 Å². The average molecular weight is 491 g/mol. The summed E-state index contributed by atoms with van der Waals surface area (Å²) in [6.07, 6.45) is 1.60. The van der Waals surface area contributed by atoms with Crippen molar-refractivity contribution < 1.29 is 4.79 Å². The number of nitrogens with zero attached hydrogens (tertiary/aromatic N) is 3. The second-order valence-corrected chi connectivity index (χ2v) is 9.31. The lowest BCUT2D eigenvalue weighted by Crippen LogP contribution is -2.24. The number of thioether (sulfide) groups is 1. The van der Waals surface area contributed by atoms with Gasteiger partial charge in [-0.2, -0.15) is 5.10 Å². The molecule has 6 nitrogen and oxygen atoms in total. The van der Waals surface area contributed by atoms with Gasteiger partial charge in [0.05, 0.1) is 28.6 Å². The third kappa shape index (κ3) is 5.55. The molecule has 0 bridgehead atoms. The Morgan fingerprint density at radius 3 is 2.50 bits per heavy atom. The summed E-state index contributed by atoms with van der Waals surface area (Å²) in [6.45, 7) is 4.27. The number of hydrazone groups is 1. The zero-order chi connectivity index (χ0) is 24.1. The second kappa shape index (κ2) is 10.7. The van der Waals surface area contributed by atoms with Crippen LogP contribution in [0.15, 0.2) is 87.8 Å². The number of benzene rings is 3. The highest BCUT2D eigenvalue weighted by Gasteiger charge is 2.14. The molecule has 4 aromatic rings. The molecule has 8 heteroatoms. The van der Waals surface area contributed by atoms with E-state index in [1.807, 2.05) is 30.3 Å². The van der Waals surface area contributed by atoms with Gasteiger partial charge in [-0.05, 0) is 53.4 Å². The lowest BCUT2D eigenvalue weighted by Gasteiger charge is -2.13. The van der Waals surface area contributed by atoms with Gasteiger partial charge >= 0.3 is 0 Å². The topological polar surface area (TPSA) is 76.3 Å². The Bertz CT molecular complexity index is 1400. The number of carbonyl (C=O) groups excluding carboxylic acids is 1. The van der Waals surface area contributed by atoms with Gasteiger partial charge in [0, 0.05) is 5.02 Å². The Morgan fingerprint density at radius 1 is 1.09 bits per heavy atom. The van der Waals surface area contributed by atoms with Crippen LogP contribution in [-0.4, -0.2) is 27.4 Å². The standard InChI is InChI=1S/C26H23ClN4O2S/c1-17(2)19-9-7-18(8-10-19)15-28-30-24(32)16-34-26-29-23-6-4-3-5-22(23)25(33)31(26)21-13-11-20(27)12-14-21/h3-15,17H,16H2,1-2H3,(H,30,32)/b28-15+. The van der Waals surface area contributed by atoms with E-state index >= 15 is 0 Å². The Labute approximate surface area is 206 Å². The monoisotopic (exact) mass is 490 g/mol. The largest absolute Gasteiger partial charge is 0.272 e. The molecule has 172 valence electrons. The molecule has 0 saturated heterocycles. The minimum atomic E-state index is -0.301. The molecular weight excluding hydrogens is 468 g/mol. The van der Waals surface area contributed by atoms with Gasteiger partial charge in [0.1, 0.15) is 0 Å². The van der Waals surface area contributed by atoms with Crippen LogP contribution in [0.2, 0.25) is 5.02 Å². The smallest absolute Gasteiger partial charge is 0.266 e. The van der Waals surface area contributed by atoms with Gasteiger partial charge in [-0.25, -0.2) is 10.4 Å². The molecule has 0 atom stereocenters. The predicted octanol–water partition coefficient (Wildman–Crippen LogP) is 5.40. The summed E-state index contributed by atoms with van der Waals surface area (Å²) in [6, 6.07) is 22.1. The first-order chi connectivity index (χ1) is 16.4. The van der Waals surface area contributed by atoms with Crippen molar-refractivity contribution in [2.24, 2.45) is 5.10 Å². The van der Waals surface area contributed by atoms with Crippen molar-refractivity contribution in [3.8, 4) is 5.69 Å². The number of carbonyl (C=O) groups is 1. The number of hydrogen-bond donors (Lipinski definition) is 1. The minimum Gasteiger partial charge on any atom is -0.272 e. The molecule has 0 saturated carbocycles. The van der Waals surface area contributed by atoms with Crippen LogP contribution >= 0.6 is 23.4 Å². The third-order valence-electron chi connectivity index (χ3n) is 5.17. The zero-order valence-corrected chi connectivity index (χ0v) is 20.3. The number of nitrogens with one attached hydrogen (secondary N) is 1. The Morgan fingerprint density at radius 2 is 1.79 bits per heavy atom. The molecule has 3 aromatic carbocycles. The number of aromatic nitrogens is 2. The summed E-state index contributed by atoms with van der Waals surface area (Å²) in [5.74, 6) is 0.198. The first-order valence-electron chi connectivity index (χ1n) is 10.7. The van der Waals surface area contributed by atoms with E-state index in [-0.39, 0.29) is 17.2 Å². The Kier molecular flexibility index (Phi) is 7.45. The minimum absolute atomic E-state index is 0.0436. The molecule has 1 heterocycles. The molecule has 1 aromatic heterocycles. The van der Waals surface area contributed by atoms with E-state index in [9.17, 15) is 9.59 Å². The van der Waals surface area contributed by atoms with Crippen molar-refractivity contribution in [1.29, 1.82) is 0 Å². The molecule has 0 aliphatic rings. The van der Waals surface area contributed by atoms with Crippen molar-refractivity contribution in [3.05, 3.63) is 99.3 Å². The summed E-state index contributed by atoms with van der Waals surface area (Å²) in [5.41, 5.74) is 5.66. The number of hydrogen-bond acceptors (Lipinski definition) is 5. The molecule has 0 fully saturated rings. The van der Waals surface area contributed by atoms with E-state index in [0.717, 1.165) is 5.56 Å². The van der Waals surface area contributed by atoms with Crippen LogP contribution in [-0.2, 0) is 4.79 Å². The number of halogens is 1. The highest BCUT2D eigenvalue weighted by atomic mass is 35.5. The van der Waals surface area contributed by atoms with Crippen molar-refractivity contribution in [2.45, 2.75) is 24.9 Å². The molecular formula is C26H23ClN4O2S. The molecule has 0 aliphatic carbocycles. The number of para-hydroxylation sites is 1. The van der Waals surface area contributed by atoms with Crippen LogP contribution < -0.4 is 11.0 Å². The number of rotatable bonds is 7. The molecule has 0 aliphatic heterocycles. The van der Waals surface area contributed by atoms with E-state index in [1.165, 1.54) is 21.9 Å². The summed E-state index contributed by atoms with van der Waals surface area (Å²) < 4.78 is 1.50. The first kappa shape index (κ1) is 23.7. The van der Waals surface area contributed by atoms with E-state index in [2.05, 4.69) is 29.4 Å². The molecule has 4 rings (SSSR count). The van der Waals surface area contributed by atoms with E-state index < -0.39 is 0 Å². The Balaban J connectivity index is 1.51. The van der Waals surface area contributed by atoms with Crippen molar-refractivity contribution in [2.75, 3.05) is 5.75 Å². The first-order valence-corrected chi connectivity index (χ1v) is 12.1. The summed E-state index contributed by atoms with van der Waals surface area (Å²) in [4.78, 5) is 30.3. The van der Waals surface area contributed by atoms with E-state index in [0.29, 0.717) is 32.7 Å². The van der Waals surface area contributed by atoms with Gasteiger partial charge in [0.15, 0.2) is 5.16 Å². The summed E-state index contributed by atoms with van der Waals surface area (Å²) in [5, 5.41) is 5.52. The molecule has 0 unspecified atom stereocenters. The van der Waals surface area contributed by atoms with Gasteiger partial charge in [-0.1, -0.05) is 73.6 Å². The normalized spacial score (nSPS) is 11.4. The van der Waals surface area contributed by atoms with Gasteiger partial charge in [0.2, 0.25) is 0 Å². The van der Waals surface area contributed by atoms with Crippen LogP contribution in [0, 0.1) is 0 Å². The lowest BCUT2D eigenvalue weighted by atomic mass is 10.0. The summed E-state index contributed by atoms with van der Waals surface area (Å²) >= 11 is 7.18. The van der Waals surface area contributed by atoms with Crippen LogP contribution in [0.5, 0.6) is 0 Å². The van der Waals surface area contributed by atoms with Gasteiger partial charge < -0.3 is 0 Å². The van der Waals surface area contributed by atoms with Crippen LogP contribution in [0.1, 0.15) is 30.9 Å². The van der Waals surface area contributed by atoms with Gasteiger partial charge in [0.25, 0.3) is 11.5 Å². The van der Waals surface area contributed by atoms with Crippen LogP contribution in [0.3, 0.4) is 0 Å². The van der Waals surface area contributed by atoms with Gasteiger partial charge in [-0.3, -0.25) is 14.2 Å². The van der Waals surface area contributed by atoms with Crippen LogP contribution in [0.4, 0.5) is 0 Å². The molecule has 0 radical (unpaired) electrons. The van der Waals surface area contributed by atoms with E-state index in [4.69, 9.17) is 11.6 Å². The summed E-state index contributed by atoms with van der Waals surface area (Å²) in [7, 11) is 0. The third-order valence-corrected chi connectivity index (χ3v) is 6.36. The van der Waals surface area contributed by atoms with Crippen LogP contribution in [0.25, 0.3) is 16.6 Å². The number of fused-ring (bicyclic) bond motifs is 1. The quantitative estimate of drug-likeness (QED) is 0.163. The molecule has 34 heavy (non-hydrogen) atoms. The highest BCUT2D eigenvalue weighted by Crippen LogP contribution is 2.22. The maximum absolute atomic E-state index is 13.2. The Hall–Kier alpha value is -3.42. The molecule has 0 spiro atoms. The fourth-order valence-corrected chi connectivity index (χ4v) is 4.27. The van der Waals surface area contributed by atoms with E-state index in [1.54, 1.807) is 48.7 Å². The second-order valence-electron chi connectivity index (χ2n) is 7.93. The predicted molar refractivity (Wildman–Crippen MR) is 139 cm³/mol. The maximum atomic E-state index is 13.2. The fraction of sp³-hybridized carbons (Fsp3) is 0.154.